The summed E-state index contributed by atoms with van der Waals surface area (Å²) in [7, 11) is 1.55. The molecule has 2 aromatic carbocycles. The molecule has 1 aliphatic heterocycles. The maximum Gasteiger partial charge on any atom is 0.416 e. The number of hydrogen-bond donors (Lipinski definition) is 0. The second-order valence-electron chi connectivity index (χ2n) is 5.57. The molecule has 1 atom stereocenters. The number of ether oxygens (including phenoxy) is 1. The average Bonchev–Trinajstić information content (AvgIpc) is 2.84. The standard InChI is InChI=1S/C18H13F4NO2/c1-23-15(9-11-5-7-14(19)8-6-11)17(24)25-16(23)12-3-2-4-13(10-12)18(20,21)22/h2-10,16H,1H3/b15-9-. The molecule has 1 unspecified atom stereocenters. The molecule has 1 saturated heterocycles. The number of hydrogen-bond acceptors (Lipinski definition) is 3. The van der Waals surface area contributed by atoms with E-state index in [4.69, 9.17) is 4.74 Å². The van der Waals surface area contributed by atoms with Crippen LogP contribution in [-0.4, -0.2) is 17.9 Å². The molecule has 25 heavy (non-hydrogen) atoms. The van der Waals surface area contributed by atoms with Crippen LogP contribution < -0.4 is 0 Å². The lowest BCUT2D eigenvalue weighted by Crippen LogP contribution is -2.18. The van der Waals surface area contributed by atoms with Gasteiger partial charge < -0.3 is 9.64 Å². The third kappa shape index (κ3) is 3.50. The van der Waals surface area contributed by atoms with Gasteiger partial charge in [-0.15, -0.1) is 0 Å². The zero-order valence-corrected chi connectivity index (χ0v) is 13.0. The number of halogens is 4. The van der Waals surface area contributed by atoms with Gasteiger partial charge in [0.25, 0.3) is 0 Å². The summed E-state index contributed by atoms with van der Waals surface area (Å²) < 4.78 is 56.8. The van der Waals surface area contributed by atoms with Crippen LogP contribution in [0.3, 0.4) is 0 Å². The molecule has 0 bridgehead atoms. The molecule has 2 aromatic rings. The molecular formula is C18H13F4NO2. The zero-order valence-electron chi connectivity index (χ0n) is 13.0. The molecule has 3 nitrogen and oxygen atoms in total. The zero-order chi connectivity index (χ0) is 18.2. The first-order chi connectivity index (χ1) is 11.8. The lowest BCUT2D eigenvalue weighted by molar-refractivity contribution is -0.140. The quantitative estimate of drug-likeness (QED) is 0.457. The Morgan fingerprint density at radius 2 is 1.80 bits per heavy atom. The van der Waals surface area contributed by atoms with Crippen molar-refractivity contribution in [1.82, 2.24) is 4.90 Å². The van der Waals surface area contributed by atoms with E-state index < -0.39 is 29.8 Å². The third-order valence-electron chi connectivity index (χ3n) is 3.83. The van der Waals surface area contributed by atoms with Gasteiger partial charge in [0.2, 0.25) is 6.23 Å². The molecule has 0 N–H and O–H groups in total. The highest BCUT2D eigenvalue weighted by molar-refractivity contribution is 5.94. The van der Waals surface area contributed by atoms with Crippen molar-refractivity contribution in [3.05, 3.63) is 76.7 Å². The molecule has 1 heterocycles. The normalized spacial score (nSPS) is 19.4. The fraction of sp³-hybridized carbons (Fsp3) is 0.167. The fourth-order valence-electron chi connectivity index (χ4n) is 2.55. The summed E-state index contributed by atoms with van der Waals surface area (Å²) in [5.74, 6) is -1.07. The molecule has 3 rings (SSSR count). The van der Waals surface area contributed by atoms with Gasteiger partial charge in [-0.05, 0) is 35.9 Å². The van der Waals surface area contributed by atoms with E-state index in [-0.39, 0.29) is 11.3 Å². The molecule has 0 saturated carbocycles. The molecule has 0 aliphatic carbocycles. The van der Waals surface area contributed by atoms with Gasteiger partial charge in [0, 0.05) is 12.6 Å². The number of esters is 1. The Hall–Kier alpha value is -2.83. The van der Waals surface area contributed by atoms with Gasteiger partial charge in [0.15, 0.2) is 0 Å². The van der Waals surface area contributed by atoms with Crippen LogP contribution >= 0.6 is 0 Å². The summed E-state index contributed by atoms with van der Waals surface area (Å²) in [5.41, 5.74) is 0.150. The van der Waals surface area contributed by atoms with Crippen LogP contribution in [0.2, 0.25) is 0 Å². The van der Waals surface area contributed by atoms with E-state index in [9.17, 15) is 22.4 Å². The van der Waals surface area contributed by atoms with E-state index in [1.807, 2.05) is 0 Å². The lowest BCUT2D eigenvalue weighted by atomic mass is 10.1. The summed E-state index contributed by atoms with van der Waals surface area (Å²) >= 11 is 0. The number of rotatable bonds is 2. The van der Waals surface area contributed by atoms with Crippen molar-refractivity contribution >= 4 is 12.0 Å². The van der Waals surface area contributed by atoms with Crippen molar-refractivity contribution in [2.24, 2.45) is 0 Å². The molecule has 130 valence electrons. The number of carbonyl (C=O) groups is 1. The Labute approximate surface area is 141 Å². The monoisotopic (exact) mass is 351 g/mol. The van der Waals surface area contributed by atoms with Gasteiger partial charge in [-0.25, -0.2) is 9.18 Å². The van der Waals surface area contributed by atoms with Gasteiger partial charge in [-0.1, -0.05) is 24.3 Å². The van der Waals surface area contributed by atoms with Gasteiger partial charge in [-0.2, -0.15) is 13.2 Å². The molecule has 0 spiro atoms. The van der Waals surface area contributed by atoms with Crippen molar-refractivity contribution in [2.45, 2.75) is 12.4 Å². The van der Waals surface area contributed by atoms with Crippen LogP contribution in [-0.2, 0) is 15.7 Å². The van der Waals surface area contributed by atoms with Crippen LogP contribution in [0.4, 0.5) is 17.6 Å². The Balaban J connectivity index is 1.91. The number of nitrogens with zero attached hydrogens (tertiary/aromatic N) is 1. The number of alkyl halides is 3. The average molecular weight is 351 g/mol. The van der Waals surface area contributed by atoms with E-state index in [0.717, 1.165) is 12.1 Å². The van der Waals surface area contributed by atoms with Gasteiger partial charge >= 0.3 is 12.1 Å². The summed E-state index contributed by atoms with van der Waals surface area (Å²) in [6.07, 6.45) is -3.94. The molecule has 7 heteroatoms. The van der Waals surface area contributed by atoms with E-state index >= 15 is 0 Å². The topological polar surface area (TPSA) is 29.5 Å². The van der Waals surface area contributed by atoms with Crippen LogP contribution in [0.1, 0.15) is 22.9 Å². The Bertz CT molecular complexity index is 828. The molecule has 1 aliphatic rings. The SMILES string of the molecule is CN1/C(=C\c2ccc(F)cc2)C(=O)OC1c1cccc(C(F)(F)F)c1. The second-order valence-corrected chi connectivity index (χ2v) is 5.57. The molecule has 1 fully saturated rings. The number of likely N-dealkylation sites (N-methyl/N-ethyl adjacent to an activating group) is 1. The van der Waals surface area contributed by atoms with Crippen LogP contribution in [0.15, 0.2) is 54.2 Å². The summed E-state index contributed by atoms with van der Waals surface area (Å²) in [4.78, 5) is 13.5. The fourth-order valence-corrected chi connectivity index (χ4v) is 2.55. The predicted molar refractivity (Wildman–Crippen MR) is 82.4 cm³/mol. The third-order valence-corrected chi connectivity index (χ3v) is 3.83. The van der Waals surface area contributed by atoms with Crippen molar-refractivity contribution in [1.29, 1.82) is 0 Å². The highest BCUT2D eigenvalue weighted by Gasteiger charge is 2.37. The lowest BCUT2D eigenvalue weighted by Gasteiger charge is -2.20. The minimum absolute atomic E-state index is 0.175. The first-order valence-corrected chi connectivity index (χ1v) is 7.34. The number of benzene rings is 2. The van der Waals surface area contributed by atoms with Gasteiger partial charge in [0.05, 0.1) is 5.56 Å². The van der Waals surface area contributed by atoms with Crippen molar-refractivity contribution < 1.29 is 27.1 Å². The molecular weight excluding hydrogens is 338 g/mol. The molecule has 0 radical (unpaired) electrons. The van der Waals surface area contributed by atoms with E-state index in [2.05, 4.69) is 0 Å². The van der Waals surface area contributed by atoms with Gasteiger partial charge in [-0.3, -0.25) is 0 Å². The number of carbonyl (C=O) groups excluding carboxylic acids is 1. The maximum absolute atomic E-state index is 13.0. The van der Waals surface area contributed by atoms with Crippen LogP contribution in [0, 0.1) is 5.82 Å². The van der Waals surface area contributed by atoms with Crippen molar-refractivity contribution in [3.8, 4) is 0 Å². The van der Waals surface area contributed by atoms with E-state index in [1.54, 1.807) is 7.05 Å². The first-order valence-electron chi connectivity index (χ1n) is 7.34. The summed E-state index contributed by atoms with van der Waals surface area (Å²) in [6.45, 7) is 0. The minimum Gasteiger partial charge on any atom is -0.432 e. The van der Waals surface area contributed by atoms with E-state index in [0.29, 0.717) is 5.56 Å². The largest absolute Gasteiger partial charge is 0.432 e. The van der Waals surface area contributed by atoms with Gasteiger partial charge in [0.1, 0.15) is 11.5 Å². The first kappa shape index (κ1) is 17.0. The van der Waals surface area contributed by atoms with Crippen molar-refractivity contribution in [2.75, 3.05) is 7.05 Å². The Morgan fingerprint density at radius 3 is 2.44 bits per heavy atom. The second kappa shape index (κ2) is 6.23. The molecule has 0 aromatic heterocycles. The van der Waals surface area contributed by atoms with Crippen LogP contribution in [0.25, 0.3) is 6.08 Å². The summed E-state index contributed by atoms with van der Waals surface area (Å²) in [6, 6.07) is 10.1. The highest BCUT2D eigenvalue weighted by atomic mass is 19.4. The van der Waals surface area contributed by atoms with E-state index in [1.165, 1.54) is 47.4 Å². The van der Waals surface area contributed by atoms with Crippen LogP contribution in [0.5, 0.6) is 0 Å². The Kier molecular flexibility index (Phi) is 4.24. The minimum atomic E-state index is -4.48. The predicted octanol–water partition coefficient (Wildman–Crippen LogP) is 4.37. The molecule has 0 amide bonds. The van der Waals surface area contributed by atoms with Crippen molar-refractivity contribution in [3.63, 3.8) is 0 Å². The summed E-state index contributed by atoms with van der Waals surface area (Å²) in [5, 5.41) is 0. The smallest absolute Gasteiger partial charge is 0.416 e. The number of cyclic esters (lactones) is 1. The maximum atomic E-state index is 13.0. The highest BCUT2D eigenvalue weighted by Crippen LogP contribution is 2.36. The Morgan fingerprint density at radius 1 is 1.12 bits per heavy atom.